The first-order chi connectivity index (χ1) is 21.3. The summed E-state index contributed by atoms with van der Waals surface area (Å²) >= 11 is 0. The lowest BCUT2D eigenvalue weighted by molar-refractivity contribution is -0.243. The van der Waals surface area contributed by atoms with Gasteiger partial charge in [-0.25, -0.2) is 0 Å². The maximum atomic E-state index is 13.6. The zero-order valence-electron chi connectivity index (χ0n) is 29.5. The number of hydrogen-bond acceptors (Lipinski definition) is 9. The van der Waals surface area contributed by atoms with Crippen LogP contribution in [0.15, 0.2) is 11.6 Å². The highest BCUT2D eigenvalue weighted by Crippen LogP contribution is 2.76. The van der Waals surface area contributed by atoms with Gasteiger partial charge in [-0.05, 0) is 91.3 Å². The van der Waals surface area contributed by atoms with E-state index in [1.165, 1.54) is 33.5 Å². The molecule has 0 aromatic heterocycles. The van der Waals surface area contributed by atoms with Crippen LogP contribution >= 0.6 is 0 Å². The van der Waals surface area contributed by atoms with E-state index in [0.717, 1.165) is 38.5 Å². The van der Waals surface area contributed by atoms with E-state index in [9.17, 15) is 24.3 Å². The van der Waals surface area contributed by atoms with E-state index in [-0.39, 0.29) is 58.6 Å². The van der Waals surface area contributed by atoms with E-state index < -0.39 is 40.9 Å². The third kappa shape index (κ3) is 4.95. The fraction of sp³-hybridized carbons (Fsp3) is 0.838. The van der Waals surface area contributed by atoms with Crippen LogP contribution in [0.2, 0.25) is 0 Å². The molecule has 9 heteroatoms. The highest BCUT2D eigenvalue weighted by molar-refractivity contribution is 5.79. The number of carbonyl (C=O) groups excluding carboxylic acids is 4. The quantitative estimate of drug-likeness (QED) is 0.212. The van der Waals surface area contributed by atoms with Crippen LogP contribution in [-0.4, -0.2) is 61.5 Å². The molecule has 5 rings (SSSR count). The Morgan fingerprint density at radius 1 is 0.804 bits per heavy atom. The standard InChI is InChI=1S/C37H56O9/c1-22(38)44-20-37(21-45-23(2)39)27-12-15-35(8)26(33(27,6)14-13-28(37)46-24(3)40)11-10-25-29-30(41)32(4,5)16-18-36(29,31(42)43-9)19-17-34(25,35)7/h10,26-30,41H,11-21H2,1-9H3. The number of aliphatic hydroxyl groups excluding tert-OH is 1. The molecule has 0 heterocycles. The van der Waals surface area contributed by atoms with Crippen molar-refractivity contribution >= 4 is 23.9 Å². The van der Waals surface area contributed by atoms with Gasteiger partial charge in [-0.1, -0.05) is 46.3 Å². The smallest absolute Gasteiger partial charge is 0.312 e. The number of allylic oxidation sites excluding steroid dienone is 1. The van der Waals surface area contributed by atoms with Crippen molar-refractivity contribution < 1.29 is 43.2 Å². The zero-order valence-corrected chi connectivity index (χ0v) is 29.5. The fourth-order valence-electron chi connectivity index (χ4n) is 11.7. The number of rotatable bonds is 6. The predicted molar refractivity (Wildman–Crippen MR) is 170 cm³/mol. The van der Waals surface area contributed by atoms with Crippen molar-refractivity contribution in [3.05, 3.63) is 11.6 Å². The first kappa shape index (κ1) is 34.9. The van der Waals surface area contributed by atoms with Crippen molar-refractivity contribution in [2.24, 2.45) is 50.2 Å². The van der Waals surface area contributed by atoms with E-state index in [1.807, 2.05) is 0 Å². The first-order valence-electron chi connectivity index (χ1n) is 17.3. The molecule has 0 spiro atoms. The lowest BCUT2D eigenvalue weighted by atomic mass is 9.33. The first-order valence-corrected chi connectivity index (χ1v) is 17.3. The van der Waals surface area contributed by atoms with Crippen LogP contribution in [0.5, 0.6) is 0 Å². The van der Waals surface area contributed by atoms with Gasteiger partial charge in [0, 0.05) is 26.7 Å². The van der Waals surface area contributed by atoms with Gasteiger partial charge >= 0.3 is 23.9 Å². The summed E-state index contributed by atoms with van der Waals surface area (Å²) in [4.78, 5) is 50.4. The summed E-state index contributed by atoms with van der Waals surface area (Å²) in [5, 5.41) is 12.0. The fourth-order valence-corrected chi connectivity index (χ4v) is 11.7. The molecule has 0 aliphatic heterocycles. The van der Waals surface area contributed by atoms with Gasteiger partial charge in [-0.3, -0.25) is 19.2 Å². The van der Waals surface area contributed by atoms with Crippen LogP contribution in [0.4, 0.5) is 0 Å². The second kappa shape index (κ2) is 11.6. The van der Waals surface area contributed by atoms with Crippen molar-refractivity contribution in [3.8, 4) is 0 Å². The Kier molecular flexibility index (Phi) is 8.82. The van der Waals surface area contributed by atoms with E-state index in [0.29, 0.717) is 19.3 Å². The lowest BCUT2D eigenvalue weighted by Gasteiger charge is -2.71. The van der Waals surface area contributed by atoms with Gasteiger partial charge in [-0.2, -0.15) is 0 Å². The third-order valence-electron chi connectivity index (χ3n) is 14.4. The summed E-state index contributed by atoms with van der Waals surface area (Å²) in [5.41, 5.74) is -1.41. The molecule has 258 valence electrons. The minimum absolute atomic E-state index is 0.000602. The number of esters is 4. The molecule has 5 aliphatic carbocycles. The molecule has 5 aliphatic rings. The minimum Gasteiger partial charge on any atom is -0.469 e. The Hall–Kier alpha value is -2.42. The Balaban J connectivity index is 1.62. The van der Waals surface area contributed by atoms with Crippen molar-refractivity contribution in [2.45, 2.75) is 125 Å². The Labute approximate surface area is 274 Å². The number of carbonyl (C=O) groups is 4. The van der Waals surface area contributed by atoms with Crippen LogP contribution in [0.1, 0.15) is 113 Å². The number of ether oxygens (including phenoxy) is 4. The summed E-state index contributed by atoms with van der Waals surface area (Å²) in [7, 11) is 1.47. The van der Waals surface area contributed by atoms with Gasteiger partial charge in [0.05, 0.1) is 24.0 Å². The molecule has 0 bridgehead atoms. The third-order valence-corrected chi connectivity index (χ3v) is 14.4. The van der Waals surface area contributed by atoms with Gasteiger partial charge in [0.2, 0.25) is 0 Å². The summed E-state index contributed by atoms with van der Waals surface area (Å²) in [6, 6.07) is 0. The van der Waals surface area contributed by atoms with E-state index in [2.05, 4.69) is 40.7 Å². The number of hydrogen-bond donors (Lipinski definition) is 1. The molecule has 9 nitrogen and oxygen atoms in total. The molecule has 46 heavy (non-hydrogen) atoms. The molecule has 1 N–H and O–H groups in total. The maximum absolute atomic E-state index is 13.6. The molecule has 0 aromatic carbocycles. The van der Waals surface area contributed by atoms with Crippen LogP contribution < -0.4 is 0 Å². The highest BCUT2D eigenvalue weighted by Gasteiger charge is 2.72. The average Bonchev–Trinajstić information content (AvgIpc) is 2.97. The zero-order chi connectivity index (χ0) is 34.1. The van der Waals surface area contributed by atoms with Gasteiger partial charge in [0.25, 0.3) is 0 Å². The number of fused-ring (bicyclic) bond motifs is 7. The molecule has 0 saturated heterocycles. The Morgan fingerprint density at radius 3 is 1.98 bits per heavy atom. The SMILES string of the molecule is COC(=O)C12CCC(C)(C)C(O)C1C1=CCC3C4(C)CCC(OC(C)=O)C(COC(C)=O)(COC(C)=O)C4CCC3(C)C1(C)CC2. The van der Waals surface area contributed by atoms with Gasteiger partial charge < -0.3 is 24.1 Å². The highest BCUT2D eigenvalue weighted by atomic mass is 16.6. The summed E-state index contributed by atoms with van der Waals surface area (Å²) in [5.74, 6) is -1.61. The maximum Gasteiger partial charge on any atom is 0.312 e. The largest absolute Gasteiger partial charge is 0.469 e. The molecule has 9 unspecified atom stereocenters. The summed E-state index contributed by atoms with van der Waals surface area (Å²) in [6.45, 7) is 15.5. The minimum atomic E-state index is -0.890. The monoisotopic (exact) mass is 644 g/mol. The van der Waals surface area contributed by atoms with Gasteiger partial charge in [-0.15, -0.1) is 0 Å². The Bertz CT molecular complexity index is 1280. The number of methoxy groups -OCH3 is 1. The van der Waals surface area contributed by atoms with Crippen molar-refractivity contribution in [2.75, 3.05) is 20.3 Å². The van der Waals surface area contributed by atoms with E-state index in [4.69, 9.17) is 18.9 Å². The van der Waals surface area contributed by atoms with Crippen LogP contribution in [0, 0.1) is 50.2 Å². The second-order valence-corrected chi connectivity index (χ2v) is 16.8. The molecular weight excluding hydrogens is 588 g/mol. The van der Waals surface area contributed by atoms with Crippen molar-refractivity contribution in [1.82, 2.24) is 0 Å². The molecule has 4 fully saturated rings. The van der Waals surface area contributed by atoms with E-state index >= 15 is 0 Å². The molecular formula is C37H56O9. The molecule has 0 radical (unpaired) electrons. The number of aliphatic hydroxyl groups is 1. The molecule has 0 aromatic rings. The summed E-state index contributed by atoms with van der Waals surface area (Å²) < 4.78 is 22.9. The lowest BCUT2D eigenvalue weighted by Crippen LogP contribution is -2.68. The predicted octanol–water partition coefficient (Wildman–Crippen LogP) is 5.95. The average molecular weight is 645 g/mol. The van der Waals surface area contributed by atoms with E-state index in [1.54, 1.807) is 0 Å². The second-order valence-electron chi connectivity index (χ2n) is 16.8. The Morgan fingerprint density at radius 2 is 1.41 bits per heavy atom. The van der Waals surface area contributed by atoms with Crippen LogP contribution in [-0.2, 0) is 38.1 Å². The molecule has 4 saturated carbocycles. The summed E-state index contributed by atoms with van der Waals surface area (Å²) in [6.07, 6.45) is 7.87. The normalized spacial score (nSPS) is 42.0. The van der Waals surface area contributed by atoms with Crippen molar-refractivity contribution in [1.29, 1.82) is 0 Å². The molecule has 9 atom stereocenters. The molecule has 0 amide bonds. The van der Waals surface area contributed by atoms with Crippen molar-refractivity contribution in [3.63, 3.8) is 0 Å². The topological polar surface area (TPSA) is 125 Å². The van der Waals surface area contributed by atoms with Gasteiger partial charge in [0.1, 0.15) is 19.3 Å². The van der Waals surface area contributed by atoms with Gasteiger partial charge in [0.15, 0.2) is 0 Å². The van der Waals surface area contributed by atoms with Crippen LogP contribution in [0.25, 0.3) is 0 Å². The van der Waals surface area contributed by atoms with Crippen LogP contribution in [0.3, 0.4) is 0 Å².